The molecular formula is C24H24N12O. The van der Waals surface area contributed by atoms with Crippen LogP contribution < -0.4 is 10.6 Å². The van der Waals surface area contributed by atoms with Crippen molar-refractivity contribution in [2.75, 3.05) is 43.5 Å². The summed E-state index contributed by atoms with van der Waals surface area (Å²) in [5.74, 6) is 1.85. The van der Waals surface area contributed by atoms with Crippen LogP contribution >= 0.6 is 0 Å². The Morgan fingerprint density at radius 2 is 1.86 bits per heavy atom. The minimum absolute atomic E-state index is 0.376. The second-order valence-electron chi connectivity index (χ2n) is 8.55. The molecule has 4 aromatic heterocycles. The maximum absolute atomic E-state index is 9.57. The molecule has 0 saturated carbocycles. The molecule has 13 heteroatoms. The van der Waals surface area contributed by atoms with E-state index in [1.54, 1.807) is 23.5 Å². The van der Waals surface area contributed by atoms with Gasteiger partial charge in [-0.25, -0.2) is 9.97 Å². The van der Waals surface area contributed by atoms with E-state index in [1.165, 1.54) is 6.20 Å². The van der Waals surface area contributed by atoms with Crippen molar-refractivity contribution in [3.05, 3.63) is 67.3 Å². The number of fused-ring (bicyclic) bond motifs is 1. The van der Waals surface area contributed by atoms with Crippen LogP contribution in [0.5, 0.6) is 0 Å². The lowest BCUT2D eigenvalue weighted by Gasteiger charge is -2.26. The molecule has 6 rings (SSSR count). The number of nitrogens with one attached hydrogen (secondary N) is 2. The van der Waals surface area contributed by atoms with Gasteiger partial charge >= 0.3 is 0 Å². The monoisotopic (exact) mass is 496 g/mol. The van der Waals surface area contributed by atoms with Crippen molar-refractivity contribution in [1.82, 2.24) is 43.8 Å². The Morgan fingerprint density at radius 3 is 2.70 bits per heavy atom. The van der Waals surface area contributed by atoms with Crippen molar-refractivity contribution in [1.29, 1.82) is 5.26 Å². The summed E-state index contributed by atoms with van der Waals surface area (Å²) >= 11 is 0. The quantitative estimate of drug-likeness (QED) is 0.329. The van der Waals surface area contributed by atoms with Crippen molar-refractivity contribution in [2.45, 2.75) is 6.54 Å². The Kier molecular flexibility index (Phi) is 6.15. The number of hydrogen-bond acceptors (Lipinski definition) is 10. The van der Waals surface area contributed by atoms with Gasteiger partial charge in [-0.15, -0.1) is 10.2 Å². The number of ether oxygens (including phenoxy) is 1. The number of nitrogens with zero attached hydrogens (tertiary/aromatic N) is 10. The van der Waals surface area contributed by atoms with Gasteiger partial charge in [0.05, 0.1) is 31.4 Å². The molecule has 0 aliphatic carbocycles. The van der Waals surface area contributed by atoms with Crippen LogP contribution in [0.4, 0.5) is 23.1 Å². The number of hydrogen-bond donors (Lipinski definition) is 2. The first-order valence-electron chi connectivity index (χ1n) is 11.8. The van der Waals surface area contributed by atoms with E-state index in [0.717, 1.165) is 50.8 Å². The summed E-state index contributed by atoms with van der Waals surface area (Å²) in [5, 5.41) is 28.3. The molecule has 0 amide bonds. The number of benzene rings is 1. The maximum Gasteiger partial charge on any atom is 0.177 e. The fourth-order valence-corrected chi connectivity index (χ4v) is 4.18. The van der Waals surface area contributed by atoms with Crippen LogP contribution in [-0.2, 0) is 11.3 Å². The number of anilines is 4. The van der Waals surface area contributed by atoms with E-state index in [2.05, 4.69) is 51.4 Å². The van der Waals surface area contributed by atoms with Gasteiger partial charge in [-0.05, 0) is 18.2 Å². The summed E-state index contributed by atoms with van der Waals surface area (Å²) in [4.78, 5) is 11.5. The molecule has 1 aromatic carbocycles. The average molecular weight is 497 g/mol. The van der Waals surface area contributed by atoms with E-state index in [0.29, 0.717) is 28.7 Å². The number of aromatic nitrogens is 8. The fourth-order valence-electron chi connectivity index (χ4n) is 4.18. The first-order chi connectivity index (χ1) is 18.2. The lowest BCUT2D eigenvalue weighted by atomic mass is 10.2. The van der Waals surface area contributed by atoms with Gasteiger partial charge in [0.25, 0.3) is 0 Å². The second-order valence-corrected chi connectivity index (χ2v) is 8.55. The number of imidazole rings is 1. The number of rotatable bonds is 8. The molecule has 0 bridgehead atoms. The number of nitriles is 1. The zero-order chi connectivity index (χ0) is 25.0. The predicted molar refractivity (Wildman–Crippen MR) is 135 cm³/mol. The minimum Gasteiger partial charge on any atom is -0.379 e. The molecule has 37 heavy (non-hydrogen) atoms. The van der Waals surface area contributed by atoms with Gasteiger partial charge < -0.3 is 19.9 Å². The highest BCUT2D eigenvalue weighted by atomic mass is 16.5. The van der Waals surface area contributed by atoms with Gasteiger partial charge in [-0.2, -0.15) is 14.9 Å². The molecule has 1 fully saturated rings. The Hall–Kier alpha value is -4.80. The lowest BCUT2D eigenvalue weighted by molar-refractivity contribution is 0.0364. The smallest absolute Gasteiger partial charge is 0.177 e. The molecule has 1 aliphatic heterocycles. The summed E-state index contributed by atoms with van der Waals surface area (Å²) in [7, 11) is 0. The highest BCUT2D eigenvalue weighted by molar-refractivity contribution is 5.69. The largest absolute Gasteiger partial charge is 0.379 e. The molecule has 2 N–H and O–H groups in total. The highest BCUT2D eigenvalue weighted by Crippen LogP contribution is 2.25. The summed E-state index contributed by atoms with van der Waals surface area (Å²) in [6, 6.07) is 11.8. The third-order valence-electron chi connectivity index (χ3n) is 6.10. The third-order valence-corrected chi connectivity index (χ3v) is 6.10. The molecule has 13 nitrogen and oxygen atoms in total. The molecule has 0 unspecified atom stereocenters. The summed E-state index contributed by atoms with van der Waals surface area (Å²) in [6.07, 6.45) is 8.54. The van der Waals surface area contributed by atoms with Gasteiger partial charge in [-0.3, -0.25) is 9.47 Å². The molecular weight excluding hydrogens is 472 g/mol. The van der Waals surface area contributed by atoms with Crippen molar-refractivity contribution in [3.63, 3.8) is 0 Å². The molecule has 1 saturated heterocycles. The molecule has 5 heterocycles. The molecule has 0 atom stereocenters. The van der Waals surface area contributed by atoms with Crippen molar-refractivity contribution in [2.24, 2.45) is 0 Å². The van der Waals surface area contributed by atoms with Crippen molar-refractivity contribution >= 4 is 28.8 Å². The molecule has 0 radical (unpaired) electrons. The van der Waals surface area contributed by atoms with Gasteiger partial charge in [0.1, 0.15) is 41.7 Å². The summed E-state index contributed by atoms with van der Waals surface area (Å²) in [6.45, 7) is 5.23. The van der Waals surface area contributed by atoms with Crippen LogP contribution in [0.3, 0.4) is 0 Å². The Balaban J connectivity index is 1.24. The Labute approximate surface area is 212 Å². The normalized spacial score (nSPS) is 14.0. The Morgan fingerprint density at radius 1 is 1.00 bits per heavy atom. The predicted octanol–water partition coefficient (Wildman–Crippen LogP) is 2.20. The van der Waals surface area contributed by atoms with Crippen LogP contribution in [0.2, 0.25) is 0 Å². The van der Waals surface area contributed by atoms with E-state index < -0.39 is 0 Å². The van der Waals surface area contributed by atoms with Gasteiger partial charge in [-0.1, -0.05) is 6.07 Å². The third kappa shape index (κ3) is 4.96. The molecule has 186 valence electrons. The summed E-state index contributed by atoms with van der Waals surface area (Å²) in [5.41, 5.74) is 2.54. The molecule has 0 spiro atoms. The lowest BCUT2D eigenvalue weighted by Crippen LogP contribution is -2.38. The zero-order valence-electron chi connectivity index (χ0n) is 19.9. The van der Waals surface area contributed by atoms with Crippen LogP contribution in [-0.4, -0.2) is 76.7 Å². The average Bonchev–Trinajstić information content (AvgIpc) is 3.70. The first-order valence-corrected chi connectivity index (χ1v) is 11.8. The van der Waals surface area contributed by atoms with Gasteiger partial charge in [0, 0.05) is 44.1 Å². The van der Waals surface area contributed by atoms with Crippen LogP contribution in [0.1, 0.15) is 5.56 Å². The van der Waals surface area contributed by atoms with E-state index in [9.17, 15) is 5.26 Å². The van der Waals surface area contributed by atoms with E-state index >= 15 is 0 Å². The number of morpholine rings is 1. The SMILES string of the molecule is N#Cc1cnn2c(Nc3cn(CCN4CCOCC4)cn3)cc(Nc3cccc(-n4cnnc4)c3)nc12. The van der Waals surface area contributed by atoms with E-state index in [4.69, 9.17) is 4.74 Å². The maximum atomic E-state index is 9.57. The highest BCUT2D eigenvalue weighted by Gasteiger charge is 2.14. The van der Waals surface area contributed by atoms with Gasteiger partial charge in [0.2, 0.25) is 0 Å². The topological polar surface area (TPSA) is 139 Å². The van der Waals surface area contributed by atoms with E-state index in [-0.39, 0.29) is 0 Å². The summed E-state index contributed by atoms with van der Waals surface area (Å²) < 4.78 is 10.9. The second kappa shape index (κ2) is 10.1. The van der Waals surface area contributed by atoms with Crippen LogP contribution in [0, 0.1) is 11.3 Å². The zero-order valence-corrected chi connectivity index (χ0v) is 19.9. The molecule has 5 aromatic rings. The minimum atomic E-state index is 0.376. The first kappa shape index (κ1) is 22.7. The van der Waals surface area contributed by atoms with Crippen LogP contribution in [0.25, 0.3) is 11.3 Å². The molecule has 1 aliphatic rings. The van der Waals surface area contributed by atoms with Crippen LogP contribution in [0.15, 0.2) is 61.7 Å². The standard InChI is InChI=1S/C24H24N12O/c25-12-18-13-29-36-23(31-22-14-34(15-26-22)5-4-33-6-8-37-9-7-33)11-21(32-24(18)36)30-19-2-1-3-20(10-19)35-16-27-28-17-35/h1-3,10-11,13-17,31H,4-9H2,(H,30,32). The Bertz CT molecular complexity index is 1540. The van der Waals surface area contributed by atoms with Crippen molar-refractivity contribution < 1.29 is 4.74 Å². The van der Waals surface area contributed by atoms with E-state index in [1.807, 2.05) is 41.1 Å². The van der Waals surface area contributed by atoms with Gasteiger partial charge in [0.15, 0.2) is 5.65 Å². The fraction of sp³-hybridized carbons (Fsp3) is 0.250. The van der Waals surface area contributed by atoms with Crippen molar-refractivity contribution in [3.8, 4) is 11.8 Å².